The number of nitrogens with zero attached hydrogens (tertiary/aromatic N) is 1. The molecule has 0 amide bonds. The summed E-state index contributed by atoms with van der Waals surface area (Å²) in [5.41, 5.74) is 1.75. The van der Waals surface area contributed by atoms with E-state index < -0.39 is 0 Å². The predicted octanol–water partition coefficient (Wildman–Crippen LogP) is 4.25. The van der Waals surface area contributed by atoms with Gasteiger partial charge in [-0.15, -0.1) is 11.3 Å². The number of benzene rings is 1. The number of aryl methyl sites for hydroxylation is 1. The molecule has 2 aromatic heterocycles. The van der Waals surface area contributed by atoms with Gasteiger partial charge >= 0.3 is 0 Å². The van der Waals surface area contributed by atoms with Crippen molar-refractivity contribution >= 4 is 37.5 Å². The van der Waals surface area contributed by atoms with Crippen molar-refractivity contribution in [3.63, 3.8) is 0 Å². The molecule has 5 nitrogen and oxygen atoms in total. The van der Waals surface area contributed by atoms with Crippen LogP contribution < -0.4 is 10.3 Å². The third kappa shape index (κ3) is 2.75. The number of phenols is 1. The molecule has 3 aromatic rings. The molecule has 0 radical (unpaired) electrons. The van der Waals surface area contributed by atoms with Gasteiger partial charge in [0, 0.05) is 10.4 Å². The first kappa shape index (κ1) is 16.6. The van der Waals surface area contributed by atoms with Crippen LogP contribution in [0.1, 0.15) is 23.8 Å². The molecule has 0 spiro atoms. The standard InChI is InChI=1S/C18H17BrN2O3S/c1-8-3-4-10-13(5-8)25-18-14(10)17(23)20-16(21-18)9-6-11(19)15(22)12(7-9)24-2/h6-8,22H,3-5H2,1-2H3,(H,20,21,23). The highest BCUT2D eigenvalue weighted by Crippen LogP contribution is 2.39. The van der Waals surface area contributed by atoms with E-state index in [4.69, 9.17) is 4.74 Å². The molecular formula is C18H17BrN2O3S. The smallest absolute Gasteiger partial charge is 0.260 e. The summed E-state index contributed by atoms with van der Waals surface area (Å²) in [6.45, 7) is 2.25. The second-order valence-electron chi connectivity index (χ2n) is 6.46. The zero-order chi connectivity index (χ0) is 17.7. The summed E-state index contributed by atoms with van der Waals surface area (Å²) in [6.07, 6.45) is 3.07. The predicted molar refractivity (Wildman–Crippen MR) is 103 cm³/mol. The molecule has 1 unspecified atom stereocenters. The number of hydrogen-bond donors (Lipinski definition) is 2. The summed E-state index contributed by atoms with van der Waals surface area (Å²) in [5.74, 6) is 1.47. The van der Waals surface area contributed by atoms with E-state index >= 15 is 0 Å². The third-order valence-corrected chi connectivity index (χ3v) is 6.44. The second-order valence-corrected chi connectivity index (χ2v) is 8.39. The number of phenolic OH excluding ortho intramolecular Hbond substituents is 1. The maximum absolute atomic E-state index is 12.7. The number of thiophene rings is 1. The van der Waals surface area contributed by atoms with E-state index in [1.807, 2.05) is 0 Å². The quantitative estimate of drug-likeness (QED) is 0.649. The van der Waals surface area contributed by atoms with Crippen molar-refractivity contribution in [2.75, 3.05) is 7.11 Å². The lowest BCUT2D eigenvalue weighted by Gasteiger charge is -2.17. The van der Waals surface area contributed by atoms with Crippen molar-refractivity contribution in [1.82, 2.24) is 9.97 Å². The highest BCUT2D eigenvalue weighted by Gasteiger charge is 2.23. The largest absolute Gasteiger partial charge is 0.503 e. The van der Waals surface area contributed by atoms with Crippen molar-refractivity contribution < 1.29 is 9.84 Å². The normalized spacial score (nSPS) is 16.8. The Morgan fingerprint density at radius 1 is 1.44 bits per heavy atom. The summed E-state index contributed by atoms with van der Waals surface area (Å²) in [4.78, 5) is 22.4. The maximum atomic E-state index is 12.7. The van der Waals surface area contributed by atoms with Crippen LogP contribution in [0.3, 0.4) is 0 Å². The summed E-state index contributed by atoms with van der Waals surface area (Å²) in [5, 5.41) is 10.7. The summed E-state index contributed by atoms with van der Waals surface area (Å²) < 4.78 is 5.68. The van der Waals surface area contributed by atoms with Gasteiger partial charge in [0.2, 0.25) is 0 Å². The van der Waals surface area contributed by atoms with Gasteiger partial charge in [0.15, 0.2) is 11.5 Å². The number of aromatic hydroxyl groups is 1. The summed E-state index contributed by atoms with van der Waals surface area (Å²) in [6, 6.07) is 3.39. The van der Waals surface area contributed by atoms with Crippen molar-refractivity contribution in [3.8, 4) is 22.9 Å². The lowest BCUT2D eigenvalue weighted by molar-refractivity contribution is 0.372. The molecule has 1 atom stereocenters. The molecule has 1 aliphatic carbocycles. The Morgan fingerprint density at radius 3 is 3.00 bits per heavy atom. The van der Waals surface area contributed by atoms with Gasteiger partial charge in [0.1, 0.15) is 10.7 Å². The fourth-order valence-corrected chi connectivity index (χ4v) is 5.18. The minimum Gasteiger partial charge on any atom is -0.503 e. The van der Waals surface area contributed by atoms with E-state index in [0.717, 1.165) is 29.5 Å². The monoisotopic (exact) mass is 420 g/mol. The second kappa shape index (κ2) is 6.14. The molecule has 4 rings (SSSR count). The van der Waals surface area contributed by atoms with Gasteiger partial charge in [-0.05, 0) is 58.8 Å². The number of aromatic amines is 1. The summed E-state index contributed by atoms with van der Waals surface area (Å²) >= 11 is 4.93. The van der Waals surface area contributed by atoms with Crippen LogP contribution in [0.5, 0.6) is 11.5 Å². The van der Waals surface area contributed by atoms with Gasteiger partial charge in [-0.2, -0.15) is 0 Å². The van der Waals surface area contributed by atoms with Gasteiger partial charge in [-0.1, -0.05) is 6.92 Å². The van der Waals surface area contributed by atoms with Crippen molar-refractivity contribution in [2.24, 2.45) is 5.92 Å². The molecule has 130 valence electrons. The lowest BCUT2D eigenvalue weighted by Crippen LogP contribution is -2.13. The van der Waals surface area contributed by atoms with E-state index in [1.165, 1.54) is 17.6 Å². The first-order valence-electron chi connectivity index (χ1n) is 8.09. The Balaban J connectivity index is 1.90. The Bertz CT molecular complexity index is 1040. The van der Waals surface area contributed by atoms with Crippen LogP contribution in [0.15, 0.2) is 21.4 Å². The molecule has 7 heteroatoms. The average molecular weight is 421 g/mol. The number of methoxy groups -OCH3 is 1. The molecule has 0 fully saturated rings. The van der Waals surface area contributed by atoms with Crippen molar-refractivity contribution in [1.29, 1.82) is 0 Å². The van der Waals surface area contributed by atoms with Crippen LogP contribution in [0.4, 0.5) is 0 Å². The van der Waals surface area contributed by atoms with Crippen LogP contribution >= 0.6 is 27.3 Å². The first-order valence-corrected chi connectivity index (χ1v) is 9.70. The number of nitrogens with one attached hydrogen (secondary N) is 1. The van der Waals surface area contributed by atoms with Crippen LogP contribution in [0.25, 0.3) is 21.6 Å². The van der Waals surface area contributed by atoms with Gasteiger partial charge in [0.05, 0.1) is 17.0 Å². The Hall–Kier alpha value is -1.86. The number of halogens is 1. The molecule has 0 bridgehead atoms. The zero-order valence-electron chi connectivity index (χ0n) is 13.9. The lowest BCUT2D eigenvalue weighted by atomic mass is 9.89. The Kier molecular flexibility index (Phi) is 4.08. The first-order chi connectivity index (χ1) is 12.0. The van der Waals surface area contributed by atoms with E-state index in [0.29, 0.717) is 27.5 Å². The Labute approximate surface area is 156 Å². The molecule has 0 saturated carbocycles. The fraction of sp³-hybridized carbons (Fsp3) is 0.333. The van der Waals surface area contributed by atoms with Gasteiger partial charge in [-0.3, -0.25) is 4.79 Å². The Morgan fingerprint density at radius 2 is 2.24 bits per heavy atom. The van der Waals surface area contributed by atoms with Crippen LogP contribution in [0.2, 0.25) is 0 Å². The van der Waals surface area contributed by atoms with Gasteiger partial charge in [0.25, 0.3) is 5.56 Å². The van der Waals surface area contributed by atoms with E-state index in [2.05, 4.69) is 32.8 Å². The number of fused-ring (bicyclic) bond motifs is 3. The average Bonchev–Trinajstić information content (AvgIpc) is 2.94. The topological polar surface area (TPSA) is 75.2 Å². The van der Waals surface area contributed by atoms with Crippen LogP contribution in [0, 0.1) is 5.92 Å². The number of H-pyrrole nitrogens is 1. The molecule has 1 aromatic carbocycles. The highest BCUT2D eigenvalue weighted by atomic mass is 79.9. The van der Waals surface area contributed by atoms with Gasteiger partial charge < -0.3 is 14.8 Å². The molecule has 2 heterocycles. The number of rotatable bonds is 2. The highest BCUT2D eigenvalue weighted by molar-refractivity contribution is 9.10. The maximum Gasteiger partial charge on any atom is 0.260 e. The van der Waals surface area contributed by atoms with E-state index in [-0.39, 0.29) is 11.3 Å². The summed E-state index contributed by atoms with van der Waals surface area (Å²) in [7, 11) is 1.49. The minimum atomic E-state index is -0.102. The molecule has 2 N–H and O–H groups in total. The fourth-order valence-electron chi connectivity index (χ4n) is 3.35. The SMILES string of the molecule is COc1cc(-c2nc3sc4c(c3c(=O)[nH]2)CCC(C)C4)cc(Br)c1O. The molecule has 25 heavy (non-hydrogen) atoms. The van der Waals surface area contributed by atoms with Crippen molar-refractivity contribution in [3.05, 3.63) is 37.4 Å². The minimum absolute atomic E-state index is 0.0234. The molecule has 0 aliphatic heterocycles. The molecular weight excluding hydrogens is 404 g/mol. The molecule has 1 aliphatic rings. The van der Waals surface area contributed by atoms with E-state index in [1.54, 1.807) is 23.5 Å². The zero-order valence-corrected chi connectivity index (χ0v) is 16.3. The van der Waals surface area contributed by atoms with Crippen LogP contribution in [-0.4, -0.2) is 22.2 Å². The number of ether oxygens (including phenoxy) is 1. The number of aromatic nitrogens is 2. The number of hydrogen-bond acceptors (Lipinski definition) is 5. The third-order valence-electron chi connectivity index (χ3n) is 4.69. The van der Waals surface area contributed by atoms with Crippen LogP contribution in [-0.2, 0) is 12.8 Å². The van der Waals surface area contributed by atoms with E-state index in [9.17, 15) is 9.90 Å². The van der Waals surface area contributed by atoms with Crippen molar-refractivity contribution in [2.45, 2.75) is 26.2 Å². The van der Waals surface area contributed by atoms with Gasteiger partial charge in [-0.25, -0.2) is 4.98 Å². The molecule has 0 saturated heterocycles.